The van der Waals surface area contributed by atoms with Gasteiger partial charge in [0.2, 0.25) is 0 Å². The van der Waals surface area contributed by atoms with Gasteiger partial charge in [-0.15, -0.1) is 5.10 Å². The lowest BCUT2D eigenvalue weighted by atomic mass is 9.94. The Hall–Kier alpha value is -4.05. The summed E-state index contributed by atoms with van der Waals surface area (Å²) in [6.07, 6.45) is -13.9. The van der Waals surface area contributed by atoms with E-state index in [9.17, 15) is 44.3 Å². The summed E-state index contributed by atoms with van der Waals surface area (Å²) in [7, 11) is 1.39. The SMILES string of the molecule is Cc1cc2c(cc1C(F)(F)F)N(C(=O)OC1CCC1)CCC[C@@H]2N(Cc1cc(C(F)(F)F)cc(C(F)(F)F)c1)c1nnn(C)n1. The molecule has 1 atom stereocenters. The topological polar surface area (TPSA) is 76.4 Å². The van der Waals surface area contributed by atoms with Crippen molar-refractivity contribution in [1.82, 2.24) is 20.2 Å². The molecule has 5 rings (SSSR count). The number of tetrazole rings is 1. The van der Waals surface area contributed by atoms with Gasteiger partial charge >= 0.3 is 24.6 Å². The molecule has 17 heteroatoms. The van der Waals surface area contributed by atoms with Gasteiger partial charge < -0.3 is 9.64 Å². The van der Waals surface area contributed by atoms with Crippen molar-refractivity contribution >= 4 is 17.7 Å². The highest BCUT2D eigenvalue weighted by Gasteiger charge is 2.40. The Labute approximate surface area is 250 Å². The van der Waals surface area contributed by atoms with Crippen molar-refractivity contribution in [3.63, 3.8) is 0 Å². The van der Waals surface area contributed by atoms with E-state index >= 15 is 0 Å². The van der Waals surface area contributed by atoms with Gasteiger partial charge in [-0.25, -0.2) is 4.79 Å². The molecule has 1 fully saturated rings. The fraction of sp³-hybridized carbons (Fsp3) is 0.500. The molecule has 0 spiro atoms. The molecule has 0 radical (unpaired) electrons. The van der Waals surface area contributed by atoms with E-state index in [0.717, 1.165) is 22.2 Å². The number of ether oxygens (including phenoxy) is 1. The van der Waals surface area contributed by atoms with Crippen LogP contribution in [0.25, 0.3) is 0 Å². The van der Waals surface area contributed by atoms with Gasteiger partial charge in [-0.3, -0.25) is 4.90 Å². The van der Waals surface area contributed by atoms with Gasteiger partial charge in [0, 0.05) is 13.1 Å². The lowest BCUT2D eigenvalue weighted by Crippen LogP contribution is -2.37. The number of rotatable bonds is 5. The largest absolute Gasteiger partial charge is 0.446 e. The molecule has 2 heterocycles. The molecule has 1 amide bonds. The smallest absolute Gasteiger partial charge is 0.416 e. The second-order valence-corrected chi connectivity index (χ2v) is 11.1. The predicted molar refractivity (Wildman–Crippen MR) is 141 cm³/mol. The summed E-state index contributed by atoms with van der Waals surface area (Å²) >= 11 is 0. The second kappa shape index (κ2) is 11.7. The van der Waals surface area contributed by atoms with Crippen LogP contribution in [0.2, 0.25) is 0 Å². The molecule has 45 heavy (non-hydrogen) atoms. The van der Waals surface area contributed by atoms with Crippen LogP contribution < -0.4 is 9.80 Å². The van der Waals surface area contributed by atoms with Crippen LogP contribution in [0, 0.1) is 6.92 Å². The Morgan fingerprint density at radius 1 is 0.911 bits per heavy atom. The third-order valence-electron chi connectivity index (χ3n) is 7.86. The minimum atomic E-state index is -5.10. The summed E-state index contributed by atoms with van der Waals surface area (Å²) in [6.45, 7) is 0.559. The first kappa shape index (κ1) is 32.3. The van der Waals surface area contributed by atoms with E-state index in [1.165, 1.54) is 24.9 Å². The van der Waals surface area contributed by atoms with Gasteiger partial charge in [-0.2, -0.15) is 44.3 Å². The van der Waals surface area contributed by atoms with Gasteiger partial charge in [-0.05, 0) is 85.2 Å². The fourth-order valence-electron chi connectivity index (χ4n) is 5.47. The van der Waals surface area contributed by atoms with Crippen LogP contribution in [-0.2, 0) is 36.9 Å². The molecule has 0 unspecified atom stereocenters. The van der Waals surface area contributed by atoms with Gasteiger partial charge in [0.1, 0.15) is 6.10 Å². The number of aromatic nitrogens is 4. The highest BCUT2D eigenvalue weighted by Crippen LogP contribution is 2.44. The third kappa shape index (κ3) is 6.96. The lowest BCUT2D eigenvalue weighted by Gasteiger charge is -2.33. The van der Waals surface area contributed by atoms with Crippen molar-refractivity contribution in [2.45, 2.75) is 76.2 Å². The fourth-order valence-corrected chi connectivity index (χ4v) is 5.47. The van der Waals surface area contributed by atoms with Gasteiger partial charge in [0.15, 0.2) is 0 Å². The highest BCUT2D eigenvalue weighted by atomic mass is 19.4. The molecule has 3 aromatic rings. The summed E-state index contributed by atoms with van der Waals surface area (Å²) in [4.78, 5) is 16.6. The molecule has 244 valence electrons. The van der Waals surface area contributed by atoms with Crippen LogP contribution in [0.5, 0.6) is 0 Å². The number of benzene rings is 2. The minimum absolute atomic E-state index is 0.00296. The predicted octanol–water partition coefficient (Wildman–Crippen LogP) is 7.61. The standard InChI is InChI=1S/C28H27F9N6O2/c1-15-9-20-22(7-4-8-42(25(44)45-19-5-3-6-19)23(20)13-21(15)28(35,36)37)43(24-38-40-41(2)39-24)14-16-10-17(26(29,30)31)12-18(11-16)27(32,33)34/h9-13,19,22H,3-8,14H2,1-2H3/t22-/m0/s1. The summed E-state index contributed by atoms with van der Waals surface area (Å²) in [5, 5.41) is 11.8. The van der Waals surface area contributed by atoms with Gasteiger partial charge in [-0.1, -0.05) is 11.2 Å². The van der Waals surface area contributed by atoms with Crippen LogP contribution in [-0.4, -0.2) is 38.9 Å². The zero-order valence-electron chi connectivity index (χ0n) is 23.9. The first-order chi connectivity index (χ1) is 20.9. The lowest BCUT2D eigenvalue weighted by molar-refractivity contribution is -0.143. The van der Waals surface area contributed by atoms with E-state index in [4.69, 9.17) is 4.74 Å². The third-order valence-corrected chi connectivity index (χ3v) is 7.86. The number of halogens is 9. The molecule has 0 bridgehead atoms. The molecule has 1 aliphatic carbocycles. The van der Waals surface area contributed by atoms with E-state index < -0.39 is 59.5 Å². The van der Waals surface area contributed by atoms with Crippen LogP contribution in [0.4, 0.5) is 55.9 Å². The van der Waals surface area contributed by atoms with E-state index in [2.05, 4.69) is 15.4 Å². The Bertz CT molecular complexity index is 1530. The van der Waals surface area contributed by atoms with E-state index in [-0.39, 0.29) is 54.3 Å². The van der Waals surface area contributed by atoms with Crippen LogP contribution >= 0.6 is 0 Å². The number of hydrogen-bond acceptors (Lipinski definition) is 6. The summed E-state index contributed by atoms with van der Waals surface area (Å²) < 4.78 is 130. The first-order valence-corrected chi connectivity index (χ1v) is 13.9. The molecule has 8 nitrogen and oxygen atoms in total. The molecule has 1 aliphatic heterocycles. The summed E-state index contributed by atoms with van der Waals surface area (Å²) in [5.74, 6) is -0.192. The average molecular weight is 651 g/mol. The van der Waals surface area contributed by atoms with Crippen LogP contribution in [0.15, 0.2) is 30.3 Å². The number of nitrogens with zero attached hydrogens (tertiary/aromatic N) is 6. The number of hydrogen-bond donors (Lipinski definition) is 0. The Kier molecular flexibility index (Phi) is 8.42. The zero-order valence-corrected chi connectivity index (χ0v) is 23.9. The van der Waals surface area contributed by atoms with Gasteiger partial charge in [0.25, 0.3) is 5.95 Å². The minimum Gasteiger partial charge on any atom is -0.446 e. The molecule has 0 saturated heterocycles. The van der Waals surface area contributed by atoms with Crippen molar-refractivity contribution in [3.8, 4) is 0 Å². The molecule has 1 aromatic heterocycles. The van der Waals surface area contributed by atoms with E-state index in [0.29, 0.717) is 25.0 Å². The number of anilines is 2. The van der Waals surface area contributed by atoms with E-state index in [1.807, 2.05) is 0 Å². The van der Waals surface area contributed by atoms with Crippen molar-refractivity contribution < 1.29 is 49.0 Å². The van der Waals surface area contributed by atoms with Gasteiger partial charge in [0.05, 0.1) is 35.5 Å². The normalized spacial score (nSPS) is 17.8. The Morgan fingerprint density at radius 3 is 2.07 bits per heavy atom. The summed E-state index contributed by atoms with van der Waals surface area (Å²) in [6, 6.07) is 2.18. The molecule has 2 aromatic carbocycles. The maximum Gasteiger partial charge on any atom is 0.416 e. The summed E-state index contributed by atoms with van der Waals surface area (Å²) in [5.41, 5.74) is -4.66. The second-order valence-electron chi connectivity index (χ2n) is 11.1. The van der Waals surface area contributed by atoms with Crippen molar-refractivity contribution in [2.24, 2.45) is 7.05 Å². The number of carbonyl (C=O) groups excluding carboxylic acids is 1. The first-order valence-electron chi connectivity index (χ1n) is 13.9. The number of amides is 1. The maximum absolute atomic E-state index is 14.0. The average Bonchev–Trinajstić information content (AvgIpc) is 3.25. The van der Waals surface area contributed by atoms with Crippen molar-refractivity contribution in [2.75, 3.05) is 16.3 Å². The number of fused-ring (bicyclic) bond motifs is 1. The zero-order chi connectivity index (χ0) is 32.9. The van der Waals surface area contributed by atoms with E-state index in [1.54, 1.807) is 0 Å². The highest BCUT2D eigenvalue weighted by molar-refractivity contribution is 5.89. The molecule has 1 saturated carbocycles. The Morgan fingerprint density at radius 2 is 1.56 bits per heavy atom. The van der Waals surface area contributed by atoms with Crippen LogP contribution in [0.1, 0.15) is 71.5 Å². The van der Waals surface area contributed by atoms with Crippen molar-refractivity contribution in [3.05, 3.63) is 63.7 Å². The quantitative estimate of drug-likeness (QED) is 0.265. The number of alkyl halides is 9. The monoisotopic (exact) mass is 650 g/mol. The van der Waals surface area contributed by atoms with Crippen LogP contribution in [0.3, 0.4) is 0 Å². The van der Waals surface area contributed by atoms with Crippen molar-refractivity contribution in [1.29, 1.82) is 0 Å². The molecular formula is C28H27F9N6O2. The molecule has 2 aliphatic rings. The Balaban J connectivity index is 1.65. The molecular weight excluding hydrogens is 623 g/mol. The molecule has 0 N–H and O–H groups in total. The number of carbonyl (C=O) groups is 1. The maximum atomic E-state index is 14.0. The number of aryl methyl sites for hydroxylation is 2.